The summed E-state index contributed by atoms with van der Waals surface area (Å²) in [5, 5.41) is 11.5. The van der Waals surface area contributed by atoms with Gasteiger partial charge in [-0.2, -0.15) is 0 Å². The largest absolute Gasteiger partial charge is 0.480 e. The number of methoxy groups -OCH3 is 1. The molecular weight excluding hydrogens is 310 g/mol. The van der Waals surface area contributed by atoms with Crippen LogP contribution in [0.4, 0.5) is 5.00 Å². The summed E-state index contributed by atoms with van der Waals surface area (Å²) in [6.07, 6.45) is 3.74. The van der Waals surface area contributed by atoms with E-state index >= 15 is 0 Å². The van der Waals surface area contributed by atoms with Crippen molar-refractivity contribution in [2.24, 2.45) is 0 Å². The van der Waals surface area contributed by atoms with Crippen molar-refractivity contribution < 1.29 is 29.0 Å². The monoisotopic (exact) mass is 327 g/mol. The molecule has 7 nitrogen and oxygen atoms in total. The minimum atomic E-state index is -1.14. The third-order valence-corrected chi connectivity index (χ3v) is 4.48. The van der Waals surface area contributed by atoms with Crippen LogP contribution in [0.25, 0.3) is 0 Å². The van der Waals surface area contributed by atoms with Crippen molar-refractivity contribution in [1.29, 1.82) is 0 Å². The predicted octanol–water partition coefficient (Wildman–Crippen LogP) is 1.45. The fourth-order valence-electron chi connectivity index (χ4n) is 2.37. The molecule has 0 saturated heterocycles. The summed E-state index contributed by atoms with van der Waals surface area (Å²) in [5.74, 6) is -2.11. The van der Waals surface area contributed by atoms with Crippen molar-refractivity contribution in [1.82, 2.24) is 0 Å². The lowest BCUT2D eigenvalue weighted by molar-refractivity contribution is -0.143. The van der Waals surface area contributed by atoms with Crippen LogP contribution in [-0.4, -0.2) is 43.3 Å². The summed E-state index contributed by atoms with van der Waals surface area (Å²) in [6.45, 7) is -0.923. The molecule has 8 heteroatoms. The van der Waals surface area contributed by atoms with Gasteiger partial charge in [-0.1, -0.05) is 0 Å². The maximum absolute atomic E-state index is 12.0. The third kappa shape index (κ3) is 3.83. The Kier molecular flexibility index (Phi) is 5.51. The van der Waals surface area contributed by atoms with Crippen LogP contribution in [-0.2, 0) is 31.9 Å². The maximum Gasteiger partial charge on any atom is 0.341 e. The Morgan fingerprint density at radius 1 is 1.23 bits per heavy atom. The highest BCUT2D eigenvalue weighted by molar-refractivity contribution is 7.17. The Morgan fingerprint density at radius 2 is 1.95 bits per heavy atom. The van der Waals surface area contributed by atoms with Gasteiger partial charge in [0.05, 0.1) is 12.7 Å². The number of ether oxygens (including phenoxy) is 2. The van der Waals surface area contributed by atoms with E-state index in [4.69, 9.17) is 14.6 Å². The zero-order valence-corrected chi connectivity index (χ0v) is 13.0. The van der Waals surface area contributed by atoms with Gasteiger partial charge in [-0.3, -0.25) is 4.79 Å². The summed E-state index contributed by atoms with van der Waals surface area (Å²) >= 11 is 1.37. The number of rotatable bonds is 6. The number of nitrogens with one attached hydrogen (secondary N) is 1. The summed E-state index contributed by atoms with van der Waals surface area (Å²) in [6, 6.07) is 0. The van der Waals surface area contributed by atoms with Gasteiger partial charge in [0.25, 0.3) is 5.91 Å². The van der Waals surface area contributed by atoms with Gasteiger partial charge >= 0.3 is 11.9 Å². The number of aryl methyl sites for hydroxylation is 1. The van der Waals surface area contributed by atoms with Crippen LogP contribution in [0.15, 0.2) is 0 Å². The van der Waals surface area contributed by atoms with Crippen molar-refractivity contribution in [3.63, 3.8) is 0 Å². The number of carbonyl (C=O) groups is 3. The molecule has 0 bridgehead atoms. The van der Waals surface area contributed by atoms with Gasteiger partial charge in [0.2, 0.25) is 0 Å². The highest BCUT2D eigenvalue weighted by atomic mass is 32.1. The molecule has 2 rings (SSSR count). The third-order valence-electron chi connectivity index (χ3n) is 3.27. The number of thiophene rings is 1. The fourth-order valence-corrected chi connectivity index (χ4v) is 3.66. The van der Waals surface area contributed by atoms with Crippen LogP contribution >= 0.6 is 11.3 Å². The summed E-state index contributed by atoms with van der Waals surface area (Å²) in [7, 11) is 1.30. The second kappa shape index (κ2) is 7.37. The highest BCUT2D eigenvalue weighted by Gasteiger charge is 2.26. The Labute approximate surface area is 131 Å². The van der Waals surface area contributed by atoms with Gasteiger partial charge in [-0.25, -0.2) is 9.59 Å². The average Bonchev–Trinajstić information content (AvgIpc) is 2.83. The topological polar surface area (TPSA) is 102 Å². The smallest absolute Gasteiger partial charge is 0.341 e. The Balaban J connectivity index is 2.12. The normalized spacial score (nSPS) is 13.3. The number of carboxylic acids is 1. The number of carbonyl (C=O) groups excluding carboxylic acids is 2. The van der Waals surface area contributed by atoms with E-state index in [0.717, 1.165) is 36.1 Å². The van der Waals surface area contributed by atoms with Crippen molar-refractivity contribution >= 4 is 34.2 Å². The first-order valence-corrected chi connectivity index (χ1v) is 7.66. The van der Waals surface area contributed by atoms with Crippen LogP contribution < -0.4 is 5.32 Å². The minimum absolute atomic E-state index is 0.379. The van der Waals surface area contributed by atoms with E-state index in [1.54, 1.807) is 0 Å². The number of anilines is 1. The van der Waals surface area contributed by atoms with Gasteiger partial charge in [0, 0.05) is 4.88 Å². The molecule has 1 amide bonds. The van der Waals surface area contributed by atoms with Crippen LogP contribution in [0.3, 0.4) is 0 Å². The van der Waals surface area contributed by atoms with Crippen molar-refractivity contribution in [3.8, 4) is 0 Å². The van der Waals surface area contributed by atoms with Gasteiger partial charge < -0.3 is 19.9 Å². The zero-order chi connectivity index (χ0) is 16.1. The number of esters is 1. The van der Waals surface area contributed by atoms with Crippen LogP contribution in [0.2, 0.25) is 0 Å². The Hall–Kier alpha value is -1.93. The van der Waals surface area contributed by atoms with Gasteiger partial charge in [0.15, 0.2) is 0 Å². The first-order chi connectivity index (χ1) is 10.5. The lowest BCUT2D eigenvalue weighted by atomic mass is 9.95. The number of hydrogen-bond donors (Lipinski definition) is 2. The quantitative estimate of drug-likeness (QED) is 0.767. The first kappa shape index (κ1) is 16.4. The van der Waals surface area contributed by atoms with Crippen LogP contribution in [0, 0.1) is 0 Å². The van der Waals surface area contributed by atoms with E-state index in [1.165, 1.54) is 18.4 Å². The van der Waals surface area contributed by atoms with Crippen LogP contribution in [0.5, 0.6) is 0 Å². The summed E-state index contributed by atoms with van der Waals surface area (Å²) in [5.41, 5.74) is 1.36. The SMILES string of the molecule is COC(=O)c1c(NC(=O)COCC(=O)O)sc2c1CCCC2. The number of amides is 1. The van der Waals surface area contributed by atoms with E-state index < -0.39 is 24.5 Å². The van der Waals surface area contributed by atoms with E-state index in [-0.39, 0.29) is 6.61 Å². The van der Waals surface area contributed by atoms with E-state index in [1.807, 2.05) is 0 Å². The summed E-state index contributed by atoms with van der Waals surface area (Å²) in [4.78, 5) is 35.2. The highest BCUT2D eigenvalue weighted by Crippen LogP contribution is 2.38. The predicted molar refractivity (Wildman–Crippen MR) is 79.4 cm³/mol. The number of hydrogen-bond acceptors (Lipinski definition) is 6. The first-order valence-electron chi connectivity index (χ1n) is 6.85. The second-order valence-corrected chi connectivity index (χ2v) is 5.95. The lowest BCUT2D eigenvalue weighted by Crippen LogP contribution is -2.21. The molecule has 0 unspecified atom stereocenters. The molecular formula is C14H17NO6S. The molecule has 1 aromatic heterocycles. The molecule has 2 N–H and O–H groups in total. The van der Waals surface area contributed by atoms with Crippen molar-refractivity contribution in [2.45, 2.75) is 25.7 Å². The van der Waals surface area contributed by atoms with E-state index in [0.29, 0.717) is 10.6 Å². The Bertz CT molecular complexity index is 594. The standard InChI is InChI=1S/C14H17NO6S/c1-20-14(19)12-8-4-2-3-5-9(8)22-13(12)15-10(16)6-21-7-11(17)18/h2-7H2,1H3,(H,15,16)(H,17,18). The lowest BCUT2D eigenvalue weighted by Gasteiger charge is -2.11. The number of fused-ring (bicyclic) bond motifs is 1. The van der Waals surface area contributed by atoms with Gasteiger partial charge in [0.1, 0.15) is 18.2 Å². The molecule has 0 fully saturated rings. The molecule has 0 atom stereocenters. The molecule has 22 heavy (non-hydrogen) atoms. The van der Waals surface area contributed by atoms with Gasteiger partial charge in [-0.05, 0) is 31.2 Å². The molecule has 1 aliphatic carbocycles. The van der Waals surface area contributed by atoms with Crippen molar-refractivity contribution in [3.05, 3.63) is 16.0 Å². The number of carboxylic acid groups (broad SMARTS) is 1. The average molecular weight is 327 g/mol. The van der Waals surface area contributed by atoms with E-state index in [9.17, 15) is 14.4 Å². The van der Waals surface area contributed by atoms with Crippen LogP contribution in [0.1, 0.15) is 33.6 Å². The number of aliphatic carboxylic acids is 1. The molecule has 0 radical (unpaired) electrons. The fraction of sp³-hybridized carbons (Fsp3) is 0.500. The Morgan fingerprint density at radius 3 is 2.64 bits per heavy atom. The molecule has 120 valence electrons. The molecule has 1 aliphatic rings. The minimum Gasteiger partial charge on any atom is -0.480 e. The molecule has 1 heterocycles. The van der Waals surface area contributed by atoms with Gasteiger partial charge in [-0.15, -0.1) is 11.3 Å². The zero-order valence-electron chi connectivity index (χ0n) is 12.1. The molecule has 0 aromatic carbocycles. The molecule has 0 aliphatic heterocycles. The molecule has 1 aromatic rings. The molecule has 0 spiro atoms. The van der Waals surface area contributed by atoms with E-state index in [2.05, 4.69) is 5.32 Å². The molecule has 0 saturated carbocycles. The van der Waals surface area contributed by atoms with Crippen molar-refractivity contribution in [2.75, 3.05) is 25.6 Å². The summed E-state index contributed by atoms with van der Waals surface area (Å²) < 4.78 is 9.54. The maximum atomic E-state index is 12.0. The second-order valence-electron chi connectivity index (χ2n) is 4.84.